The largest absolute Gasteiger partial charge is 0.472 e. The molecule has 21 heavy (non-hydrogen) atoms. The molecule has 0 atom stereocenters. The predicted molar refractivity (Wildman–Crippen MR) is 83.6 cm³/mol. The van der Waals surface area contributed by atoms with Crippen LogP contribution >= 0.6 is 0 Å². The summed E-state index contributed by atoms with van der Waals surface area (Å²) in [6.45, 7) is 3.11. The quantitative estimate of drug-likeness (QED) is 0.734. The molecular formula is C17H19N3O. The Balaban J connectivity index is 1.76. The molecule has 1 saturated heterocycles. The van der Waals surface area contributed by atoms with Crippen molar-refractivity contribution in [2.24, 2.45) is 0 Å². The number of aromatic nitrogens is 2. The summed E-state index contributed by atoms with van der Waals surface area (Å²) in [6.07, 6.45) is 11.6. The second-order valence-corrected chi connectivity index (χ2v) is 5.70. The summed E-state index contributed by atoms with van der Waals surface area (Å²) in [7, 11) is 0. The van der Waals surface area contributed by atoms with Gasteiger partial charge < -0.3 is 13.9 Å². The Bertz CT molecular complexity index is 724. The summed E-state index contributed by atoms with van der Waals surface area (Å²) < 4.78 is 7.40. The molecule has 0 spiro atoms. The minimum absolute atomic E-state index is 0.803. The summed E-state index contributed by atoms with van der Waals surface area (Å²) in [4.78, 5) is 7.08. The van der Waals surface area contributed by atoms with E-state index >= 15 is 0 Å². The van der Waals surface area contributed by atoms with E-state index in [2.05, 4.69) is 26.7 Å². The number of anilines is 1. The molecule has 0 bridgehead atoms. The lowest BCUT2D eigenvalue weighted by Gasteiger charge is -2.28. The molecule has 4 nitrogen and oxygen atoms in total. The second kappa shape index (κ2) is 5.28. The SMILES string of the molecule is c1cnc2c(c1)c(N1CCCCC1)cn2Cc1ccoc1. The van der Waals surface area contributed by atoms with Crippen molar-refractivity contribution in [1.29, 1.82) is 0 Å². The van der Waals surface area contributed by atoms with Gasteiger partial charge in [0.2, 0.25) is 0 Å². The molecule has 0 N–H and O–H groups in total. The lowest BCUT2D eigenvalue weighted by molar-refractivity contribution is 0.562. The third-order valence-electron chi connectivity index (χ3n) is 4.24. The minimum atomic E-state index is 0.803. The fourth-order valence-corrected chi connectivity index (χ4v) is 3.19. The van der Waals surface area contributed by atoms with E-state index in [0.717, 1.165) is 25.3 Å². The highest BCUT2D eigenvalue weighted by Gasteiger charge is 2.17. The Labute approximate surface area is 124 Å². The number of nitrogens with zero attached hydrogens (tertiary/aromatic N) is 3. The topological polar surface area (TPSA) is 34.2 Å². The van der Waals surface area contributed by atoms with Crippen LogP contribution in [-0.2, 0) is 6.54 Å². The maximum absolute atomic E-state index is 5.18. The number of fused-ring (bicyclic) bond motifs is 1. The van der Waals surface area contributed by atoms with Gasteiger partial charge in [0.25, 0.3) is 0 Å². The van der Waals surface area contributed by atoms with Gasteiger partial charge in [0.05, 0.1) is 24.8 Å². The van der Waals surface area contributed by atoms with Crippen LogP contribution < -0.4 is 4.90 Å². The van der Waals surface area contributed by atoms with Crippen molar-refractivity contribution < 1.29 is 4.42 Å². The van der Waals surface area contributed by atoms with Crippen LogP contribution in [0.4, 0.5) is 5.69 Å². The summed E-state index contributed by atoms with van der Waals surface area (Å²) >= 11 is 0. The molecule has 4 heteroatoms. The normalized spacial score (nSPS) is 15.7. The van der Waals surface area contributed by atoms with Crippen LogP contribution in [0, 0.1) is 0 Å². The van der Waals surface area contributed by atoms with E-state index in [9.17, 15) is 0 Å². The first kappa shape index (κ1) is 12.5. The van der Waals surface area contributed by atoms with E-state index in [4.69, 9.17) is 4.42 Å². The zero-order valence-corrected chi connectivity index (χ0v) is 12.0. The first-order valence-electron chi connectivity index (χ1n) is 7.62. The third-order valence-corrected chi connectivity index (χ3v) is 4.24. The molecule has 1 fully saturated rings. The van der Waals surface area contributed by atoms with E-state index < -0.39 is 0 Å². The van der Waals surface area contributed by atoms with Gasteiger partial charge in [-0.15, -0.1) is 0 Å². The highest BCUT2D eigenvalue weighted by atomic mass is 16.3. The summed E-state index contributed by atoms with van der Waals surface area (Å²) in [5, 5.41) is 1.25. The van der Waals surface area contributed by atoms with Crippen molar-refractivity contribution >= 4 is 16.7 Å². The summed E-state index contributed by atoms with van der Waals surface area (Å²) in [5.74, 6) is 0. The number of pyridine rings is 1. The van der Waals surface area contributed by atoms with Crippen molar-refractivity contribution in [2.45, 2.75) is 25.8 Å². The average Bonchev–Trinajstić information content (AvgIpc) is 3.17. The Morgan fingerprint density at radius 2 is 2.05 bits per heavy atom. The van der Waals surface area contributed by atoms with Crippen LogP contribution in [0.2, 0.25) is 0 Å². The highest BCUT2D eigenvalue weighted by molar-refractivity contribution is 5.91. The number of hydrogen-bond donors (Lipinski definition) is 0. The van der Waals surface area contributed by atoms with Crippen molar-refractivity contribution in [3.63, 3.8) is 0 Å². The molecule has 0 saturated carbocycles. The highest BCUT2D eigenvalue weighted by Crippen LogP contribution is 2.30. The number of piperidine rings is 1. The fraction of sp³-hybridized carbons (Fsp3) is 0.353. The molecule has 108 valence electrons. The van der Waals surface area contributed by atoms with Crippen molar-refractivity contribution in [2.75, 3.05) is 18.0 Å². The third kappa shape index (κ3) is 2.31. The van der Waals surface area contributed by atoms with Crippen LogP contribution in [0.1, 0.15) is 24.8 Å². The molecular weight excluding hydrogens is 262 g/mol. The second-order valence-electron chi connectivity index (χ2n) is 5.70. The van der Waals surface area contributed by atoms with Crippen LogP contribution in [0.3, 0.4) is 0 Å². The molecule has 0 amide bonds. The number of furan rings is 1. The Kier molecular flexibility index (Phi) is 3.14. The maximum atomic E-state index is 5.18. The van der Waals surface area contributed by atoms with E-state index in [-0.39, 0.29) is 0 Å². The van der Waals surface area contributed by atoms with Crippen molar-refractivity contribution in [1.82, 2.24) is 9.55 Å². The smallest absolute Gasteiger partial charge is 0.142 e. The zero-order chi connectivity index (χ0) is 14.1. The Hall–Kier alpha value is -2.23. The fourth-order valence-electron chi connectivity index (χ4n) is 3.19. The van der Waals surface area contributed by atoms with Gasteiger partial charge in [-0.05, 0) is 37.5 Å². The summed E-state index contributed by atoms with van der Waals surface area (Å²) in [6, 6.07) is 6.21. The number of hydrogen-bond acceptors (Lipinski definition) is 3. The van der Waals surface area contributed by atoms with Gasteiger partial charge in [-0.1, -0.05) is 0 Å². The van der Waals surface area contributed by atoms with E-state index in [1.165, 1.54) is 35.9 Å². The van der Waals surface area contributed by atoms with Crippen LogP contribution in [0.15, 0.2) is 47.5 Å². The van der Waals surface area contributed by atoms with Crippen LogP contribution in [0.25, 0.3) is 11.0 Å². The van der Waals surface area contributed by atoms with Crippen LogP contribution in [0.5, 0.6) is 0 Å². The van der Waals surface area contributed by atoms with E-state index in [0.29, 0.717) is 0 Å². The molecule has 1 aliphatic heterocycles. The monoisotopic (exact) mass is 281 g/mol. The lowest BCUT2D eigenvalue weighted by atomic mass is 10.1. The molecule has 0 unspecified atom stereocenters. The Morgan fingerprint density at radius 3 is 2.86 bits per heavy atom. The number of rotatable bonds is 3. The standard InChI is InChI=1S/C17H19N3O/c1-2-8-19(9-3-1)16-12-20(11-14-6-10-21-13-14)17-15(16)5-4-7-18-17/h4-7,10,12-13H,1-3,8-9,11H2. The molecule has 0 aromatic carbocycles. The first-order chi connectivity index (χ1) is 10.4. The van der Waals surface area contributed by atoms with Gasteiger partial charge in [0.15, 0.2) is 0 Å². The zero-order valence-electron chi connectivity index (χ0n) is 12.0. The van der Waals surface area contributed by atoms with Gasteiger partial charge in [-0.3, -0.25) is 0 Å². The molecule has 3 aromatic rings. The van der Waals surface area contributed by atoms with Gasteiger partial charge in [0.1, 0.15) is 5.65 Å². The van der Waals surface area contributed by atoms with Crippen molar-refractivity contribution in [3.8, 4) is 0 Å². The minimum Gasteiger partial charge on any atom is -0.472 e. The predicted octanol–water partition coefficient (Wildman–Crippen LogP) is 3.67. The molecule has 4 rings (SSSR count). The lowest BCUT2D eigenvalue weighted by Crippen LogP contribution is -2.29. The first-order valence-corrected chi connectivity index (χ1v) is 7.62. The molecule has 4 heterocycles. The van der Waals surface area contributed by atoms with Gasteiger partial charge in [-0.2, -0.15) is 0 Å². The van der Waals surface area contributed by atoms with Gasteiger partial charge >= 0.3 is 0 Å². The molecule has 1 aliphatic rings. The maximum Gasteiger partial charge on any atom is 0.142 e. The van der Waals surface area contributed by atoms with Crippen molar-refractivity contribution in [3.05, 3.63) is 48.7 Å². The average molecular weight is 281 g/mol. The van der Waals surface area contributed by atoms with E-state index in [1.807, 2.05) is 18.3 Å². The summed E-state index contributed by atoms with van der Waals surface area (Å²) in [5.41, 5.74) is 3.54. The van der Waals surface area contributed by atoms with Gasteiger partial charge in [-0.25, -0.2) is 4.98 Å². The van der Waals surface area contributed by atoms with E-state index in [1.54, 1.807) is 12.5 Å². The molecule has 0 aliphatic carbocycles. The van der Waals surface area contributed by atoms with Gasteiger partial charge in [0, 0.05) is 36.4 Å². The van der Waals surface area contributed by atoms with Crippen LogP contribution in [-0.4, -0.2) is 22.6 Å². The molecule has 3 aromatic heterocycles. The molecule has 0 radical (unpaired) electrons. The Morgan fingerprint density at radius 1 is 1.14 bits per heavy atom.